The van der Waals surface area contributed by atoms with Crippen LogP contribution in [0.25, 0.3) is 17.1 Å². The molecule has 4 rings (SSSR count). The minimum absolute atomic E-state index is 0.0685. The fourth-order valence-corrected chi connectivity index (χ4v) is 4.38. The summed E-state index contributed by atoms with van der Waals surface area (Å²) in [5.74, 6) is 1.59. The predicted octanol–water partition coefficient (Wildman–Crippen LogP) is 4.51. The fourth-order valence-electron chi connectivity index (χ4n) is 3.64. The largest absolute Gasteiger partial charge is 0.493 e. The molecular formula is C28H27N5O5S. The third kappa shape index (κ3) is 6.82. The maximum atomic E-state index is 12.6. The zero-order chi connectivity index (χ0) is 27.8. The van der Waals surface area contributed by atoms with Crippen molar-refractivity contribution in [3.63, 3.8) is 0 Å². The Morgan fingerprint density at radius 2 is 1.64 bits per heavy atom. The first-order valence-corrected chi connectivity index (χ1v) is 12.9. The van der Waals surface area contributed by atoms with Gasteiger partial charge in [-0.1, -0.05) is 30.0 Å². The van der Waals surface area contributed by atoms with Gasteiger partial charge in [0.1, 0.15) is 5.75 Å². The number of nitrogens with one attached hydrogen (secondary N) is 1. The van der Waals surface area contributed by atoms with Crippen LogP contribution in [0.2, 0.25) is 0 Å². The molecule has 0 saturated heterocycles. The molecule has 4 aromatic rings. The normalized spacial score (nSPS) is 11.1. The number of nitrogens with zero attached hydrogens (tertiary/aromatic N) is 4. The van der Waals surface area contributed by atoms with Gasteiger partial charge in [0.15, 0.2) is 22.5 Å². The molecule has 1 N–H and O–H groups in total. The van der Waals surface area contributed by atoms with E-state index in [4.69, 9.17) is 14.2 Å². The first-order chi connectivity index (χ1) is 18.9. The molecule has 39 heavy (non-hydrogen) atoms. The molecule has 0 unspecified atom stereocenters. The molecule has 1 amide bonds. The van der Waals surface area contributed by atoms with E-state index in [1.54, 1.807) is 45.4 Å². The molecule has 10 nitrogen and oxygen atoms in total. The van der Waals surface area contributed by atoms with Gasteiger partial charge in [0.2, 0.25) is 0 Å². The van der Waals surface area contributed by atoms with E-state index in [-0.39, 0.29) is 11.7 Å². The molecule has 200 valence electrons. The number of hydrazone groups is 1. The van der Waals surface area contributed by atoms with E-state index in [0.29, 0.717) is 33.9 Å². The highest BCUT2D eigenvalue weighted by molar-refractivity contribution is 7.99. The highest BCUT2D eigenvalue weighted by Crippen LogP contribution is 2.34. The van der Waals surface area contributed by atoms with E-state index in [0.717, 1.165) is 16.8 Å². The Kier molecular flexibility index (Phi) is 8.95. The summed E-state index contributed by atoms with van der Waals surface area (Å²) in [6.07, 6.45) is 0. The number of esters is 1. The first kappa shape index (κ1) is 27.4. The van der Waals surface area contributed by atoms with E-state index in [1.165, 1.54) is 18.7 Å². The Morgan fingerprint density at radius 1 is 0.923 bits per heavy atom. The lowest BCUT2D eigenvalue weighted by Crippen LogP contribution is -2.21. The summed E-state index contributed by atoms with van der Waals surface area (Å²) in [5, 5.41) is 13.5. The lowest BCUT2D eigenvalue weighted by atomic mass is 10.1. The minimum Gasteiger partial charge on any atom is -0.493 e. The van der Waals surface area contributed by atoms with Crippen LogP contribution < -0.4 is 19.6 Å². The molecule has 0 aliphatic heterocycles. The van der Waals surface area contributed by atoms with Crippen LogP contribution in [0.3, 0.4) is 0 Å². The molecule has 0 atom stereocenters. The Hall–Kier alpha value is -4.64. The summed E-state index contributed by atoms with van der Waals surface area (Å²) >= 11 is 1.24. The molecule has 0 aliphatic rings. The zero-order valence-electron chi connectivity index (χ0n) is 21.9. The van der Waals surface area contributed by atoms with Crippen molar-refractivity contribution in [3.8, 4) is 34.3 Å². The highest BCUT2D eigenvalue weighted by Gasteiger charge is 2.19. The number of thioether (sulfide) groups is 1. The number of carbonyl (C=O) groups is 2. The number of rotatable bonds is 10. The quantitative estimate of drug-likeness (QED) is 0.102. The number of carbonyl (C=O) groups excluding carboxylic acids is 2. The Bertz CT molecular complexity index is 1490. The number of hydrogen-bond donors (Lipinski definition) is 1. The monoisotopic (exact) mass is 545 g/mol. The molecule has 0 saturated carbocycles. The van der Waals surface area contributed by atoms with E-state index in [9.17, 15) is 9.59 Å². The molecule has 1 aromatic heterocycles. The minimum atomic E-state index is -0.392. The SMILES string of the molecule is COc1ccc(-c2nnc(SCC(=O)N/N=C(\C)c3ccc(OC(C)=O)cc3)n2-c2ccccc2)cc1OC. The van der Waals surface area contributed by atoms with Crippen molar-refractivity contribution in [2.75, 3.05) is 20.0 Å². The summed E-state index contributed by atoms with van der Waals surface area (Å²) in [4.78, 5) is 23.7. The van der Waals surface area contributed by atoms with Crippen molar-refractivity contribution >= 4 is 29.4 Å². The Labute approximate surface area is 230 Å². The Balaban J connectivity index is 1.50. The van der Waals surface area contributed by atoms with Crippen molar-refractivity contribution in [2.45, 2.75) is 19.0 Å². The van der Waals surface area contributed by atoms with Crippen LogP contribution in [-0.2, 0) is 9.59 Å². The van der Waals surface area contributed by atoms with Gasteiger partial charge in [0.25, 0.3) is 5.91 Å². The molecule has 0 radical (unpaired) electrons. The number of amides is 1. The number of aromatic nitrogens is 3. The average Bonchev–Trinajstić information content (AvgIpc) is 3.39. The highest BCUT2D eigenvalue weighted by atomic mass is 32.2. The maximum absolute atomic E-state index is 12.6. The average molecular weight is 546 g/mol. The number of hydrogen-bond acceptors (Lipinski definition) is 9. The third-order valence-corrected chi connectivity index (χ3v) is 6.43. The third-order valence-electron chi connectivity index (χ3n) is 5.50. The fraction of sp³-hybridized carbons (Fsp3) is 0.179. The number of para-hydroxylation sites is 1. The smallest absolute Gasteiger partial charge is 0.308 e. The van der Waals surface area contributed by atoms with Crippen molar-refractivity contribution < 1.29 is 23.8 Å². The number of methoxy groups -OCH3 is 2. The standard InChI is InChI=1S/C28H27N5O5S/c1-18(20-10-13-23(14-11-20)38-19(2)34)29-30-26(35)17-39-28-32-31-27(33(28)22-8-6-5-7-9-22)21-12-15-24(36-3)25(16-21)37-4/h5-16H,17H2,1-4H3,(H,30,35)/b29-18+. The molecule has 11 heteroatoms. The van der Waals surface area contributed by atoms with Gasteiger partial charge in [0, 0.05) is 18.2 Å². The summed E-state index contributed by atoms with van der Waals surface area (Å²) in [7, 11) is 3.16. The lowest BCUT2D eigenvalue weighted by Gasteiger charge is -2.12. The first-order valence-electron chi connectivity index (χ1n) is 11.9. The van der Waals surface area contributed by atoms with Crippen LogP contribution in [-0.4, -0.2) is 52.3 Å². The van der Waals surface area contributed by atoms with Crippen LogP contribution >= 0.6 is 11.8 Å². The second kappa shape index (κ2) is 12.7. The van der Waals surface area contributed by atoms with Gasteiger partial charge >= 0.3 is 5.97 Å². The molecule has 0 bridgehead atoms. The predicted molar refractivity (Wildman–Crippen MR) is 149 cm³/mol. The maximum Gasteiger partial charge on any atom is 0.308 e. The van der Waals surface area contributed by atoms with Crippen molar-refractivity contribution in [1.29, 1.82) is 0 Å². The molecule has 0 fully saturated rings. The summed E-state index contributed by atoms with van der Waals surface area (Å²) in [5.41, 5.74) is 5.59. The summed E-state index contributed by atoms with van der Waals surface area (Å²) < 4.78 is 17.7. The van der Waals surface area contributed by atoms with E-state index in [2.05, 4.69) is 20.7 Å². The van der Waals surface area contributed by atoms with E-state index >= 15 is 0 Å². The number of ether oxygens (including phenoxy) is 3. The van der Waals surface area contributed by atoms with Crippen molar-refractivity contribution in [3.05, 3.63) is 78.4 Å². The van der Waals surface area contributed by atoms with Crippen LogP contribution in [0.4, 0.5) is 0 Å². The number of benzene rings is 3. The van der Waals surface area contributed by atoms with Gasteiger partial charge in [-0.2, -0.15) is 5.10 Å². The van der Waals surface area contributed by atoms with Gasteiger partial charge in [0.05, 0.1) is 25.7 Å². The van der Waals surface area contributed by atoms with Crippen LogP contribution in [0.1, 0.15) is 19.4 Å². The van der Waals surface area contributed by atoms with Crippen LogP contribution in [0.15, 0.2) is 83.1 Å². The molecular weight excluding hydrogens is 518 g/mol. The van der Waals surface area contributed by atoms with Crippen LogP contribution in [0.5, 0.6) is 17.2 Å². The van der Waals surface area contributed by atoms with Gasteiger partial charge in [-0.05, 0) is 67.1 Å². The Morgan fingerprint density at radius 3 is 2.31 bits per heavy atom. The zero-order valence-corrected chi connectivity index (χ0v) is 22.7. The molecule has 3 aromatic carbocycles. The lowest BCUT2D eigenvalue weighted by molar-refractivity contribution is -0.131. The van der Waals surface area contributed by atoms with Gasteiger partial charge in [-0.15, -0.1) is 10.2 Å². The molecule has 1 heterocycles. The summed E-state index contributed by atoms with van der Waals surface area (Å²) in [6.45, 7) is 3.11. The van der Waals surface area contributed by atoms with Gasteiger partial charge in [-0.3, -0.25) is 14.2 Å². The van der Waals surface area contributed by atoms with Crippen LogP contribution in [0, 0.1) is 0 Å². The molecule has 0 spiro atoms. The second-order valence-electron chi connectivity index (χ2n) is 8.19. The van der Waals surface area contributed by atoms with Crippen molar-refractivity contribution in [2.24, 2.45) is 5.10 Å². The second-order valence-corrected chi connectivity index (χ2v) is 9.13. The molecule has 0 aliphatic carbocycles. The van der Waals surface area contributed by atoms with E-state index in [1.807, 2.05) is 53.1 Å². The van der Waals surface area contributed by atoms with Gasteiger partial charge < -0.3 is 14.2 Å². The topological polar surface area (TPSA) is 117 Å². The van der Waals surface area contributed by atoms with Gasteiger partial charge in [-0.25, -0.2) is 5.43 Å². The van der Waals surface area contributed by atoms with Crippen molar-refractivity contribution in [1.82, 2.24) is 20.2 Å². The summed E-state index contributed by atoms with van der Waals surface area (Å²) in [6, 6.07) is 22.0. The van der Waals surface area contributed by atoms with E-state index < -0.39 is 5.97 Å².